The van der Waals surface area contributed by atoms with Crippen molar-refractivity contribution in [1.29, 1.82) is 0 Å². The molecule has 1 aromatic heterocycles. The van der Waals surface area contributed by atoms with E-state index in [-0.39, 0.29) is 29.7 Å². The molecule has 1 aliphatic rings. The van der Waals surface area contributed by atoms with Gasteiger partial charge in [-0.25, -0.2) is 0 Å². The second-order valence-electron chi connectivity index (χ2n) is 5.38. The highest BCUT2D eigenvalue weighted by molar-refractivity contribution is 5.93. The summed E-state index contributed by atoms with van der Waals surface area (Å²) in [6.45, 7) is -0.478. The number of hydrogen-bond donors (Lipinski definition) is 0. The Morgan fingerprint density at radius 2 is 1.83 bits per heavy atom. The van der Waals surface area contributed by atoms with Crippen molar-refractivity contribution in [1.82, 2.24) is 4.98 Å². The van der Waals surface area contributed by atoms with Gasteiger partial charge in [0.2, 0.25) is 0 Å². The van der Waals surface area contributed by atoms with Crippen LogP contribution in [0.1, 0.15) is 5.56 Å². The van der Waals surface area contributed by atoms with E-state index in [9.17, 15) is 26.3 Å². The predicted octanol–water partition coefficient (Wildman–Crippen LogP) is 4.02. The Hall–Kier alpha value is -2.03. The molecule has 1 aliphatic heterocycles. The summed E-state index contributed by atoms with van der Waals surface area (Å²) in [4.78, 5) is 5.15. The third-order valence-electron chi connectivity index (χ3n) is 3.83. The number of nitrogens with zero attached hydrogens (tertiary/aromatic N) is 2. The van der Waals surface area contributed by atoms with E-state index in [1.54, 1.807) is 0 Å². The summed E-state index contributed by atoms with van der Waals surface area (Å²) in [6, 6.07) is 4.96. The Morgan fingerprint density at radius 1 is 1.08 bits per heavy atom. The summed E-state index contributed by atoms with van der Waals surface area (Å²) >= 11 is 0. The van der Waals surface area contributed by atoms with E-state index >= 15 is 0 Å². The topological polar surface area (TPSA) is 25.4 Å². The number of pyridine rings is 1. The van der Waals surface area contributed by atoms with Crippen molar-refractivity contribution in [2.75, 3.05) is 24.6 Å². The van der Waals surface area contributed by atoms with Crippen LogP contribution in [0.2, 0.25) is 0 Å². The van der Waals surface area contributed by atoms with Crippen molar-refractivity contribution in [3.05, 3.63) is 36.0 Å². The molecule has 1 aromatic carbocycles. The lowest BCUT2D eigenvalue weighted by molar-refractivity contribution is -0.221. The minimum absolute atomic E-state index is 0.155. The third kappa shape index (κ3) is 3.12. The molecule has 24 heavy (non-hydrogen) atoms. The van der Waals surface area contributed by atoms with Gasteiger partial charge >= 0.3 is 12.4 Å². The van der Waals surface area contributed by atoms with E-state index in [1.165, 1.54) is 29.3 Å². The van der Waals surface area contributed by atoms with Gasteiger partial charge in [0.1, 0.15) is 0 Å². The molecule has 1 fully saturated rings. The number of rotatable bonds is 1. The first-order valence-electron chi connectivity index (χ1n) is 7.06. The summed E-state index contributed by atoms with van der Waals surface area (Å²) in [5.41, 5.74) is -0.913. The lowest BCUT2D eigenvalue weighted by Crippen LogP contribution is -2.49. The van der Waals surface area contributed by atoms with Gasteiger partial charge < -0.3 is 9.64 Å². The number of morpholine rings is 1. The smallest absolute Gasteiger partial charge is 0.366 e. The van der Waals surface area contributed by atoms with E-state index in [4.69, 9.17) is 4.74 Å². The maximum atomic E-state index is 13.1. The normalized spacial score (nSPS) is 19.8. The summed E-state index contributed by atoms with van der Waals surface area (Å²) in [5, 5.41) is 0.162. The molecule has 3 rings (SSSR count). The van der Waals surface area contributed by atoms with Gasteiger partial charge in [0.25, 0.3) is 0 Å². The average Bonchev–Trinajstić information content (AvgIpc) is 2.52. The van der Waals surface area contributed by atoms with E-state index < -0.39 is 30.6 Å². The van der Waals surface area contributed by atoms with Gasteiger partial charge in [0.05, 0.1) is 24.2 Å². The van der Waals surface area contributed by atoms with Crippen LogP contribution < -0.4 is 4.90 Å². The number of hydrogen-bond acceptors (Lipinski definition) is 3. The molecule has 0 spiro atoms. The molecule has 0 unspecified atom stereocenters. The number of benzene rings is 1. The summed E-state index contributed by atoms with van der Waals surface area (Å²) in [7, 11) is 0. The van der Waals surface area contributed by atoms with Crippen LogP contribution in [0, 0.1) is 0 Å². The highest BCUT2D eigenvalue weighted by atomic mass is 19.4. The van der Waals surface area contributed by atoms with Gasteiger partial charge in [-0.1, -0.05) is 12.1 Å². The van der Waals surface area contributed by atoms with Crippen LogP contribution in [0.15, 0.2) is 30.5 Å². The van der Waals surface area contributed by atoms with Gasteiger partial charge in [-0.05, 0) is 12.1 Å². The van der Waals surface area contributed by atoms with Crippen molar-refractivity contribution in [2.45, 2.75) is 18.5 Å². The summed E-state index contributed by atoms with van der Waals surface area (Å²) in [5.74, 6) is 0. The molecule has 0 saturated carbocycles. The fourth-order valence-electron chi connectivity index (χ4n) is 2.73. The van der Waals surface area contributed by atoms with Gasteiger partial charge in [-0.2, -0.15) is 26.3 Å². The van der Waals surface area contributed by atoms with Gasteiger partial charge in [-0.3, -0.25) is 4.98 Å². The highest BCUT2D eigenvalue weighted by Crippen LogP contribution is 2.37. The number of aromatic nitrogens is 1. The Morgan fingerprint density at radius 3 is 2.50 bits per heavy atom. The Labute approximate surface area is 132 Å². The monoisotopic (exact) mass is 350 g/mol. The van der Waals surface area contributed by atoms with Crippen LogP contribution in [-0.4, -0.2) is 37.0 Å². The standard InChI is InChI=1S/C15H12F6N2O/c16-14(17,18)10-3-1-2-9-11(4-5-22-13(9)10)23-6-7-24-12(8-23)15(19,20)21/h1-5,12H,6-8H2/t12-/m1/s1. The van der Waals surface area contributed by atoms with Crippen molar-refractivity contribution in [3.8, 4) is 0 Å². The maximum absolute atomic E-state index is 13.1. The average molecular weight is 350 g/mol. The highest BCUT2D eigenvalue weighted by Gasteiger charge is 2.43. The van der Waals surface area contributed by atoms with Gasteiger partial charge in [0.15, 0.2) is 6.10 Å². The quantitative estimate of drug-likeness (QED) is 0.727. The number of para-hydroxylation sites is 1. The first kappa shape index (κ1) is 16.8. The summed E-state index contributed by atoms with van der Waals surface area (Å²) < 4.78 is 82.5. The maximum Gasteiger partial charge on any atom is 0.418 e. The van der Waals surface area contributed by atoms with Crippen LogP contribution in [-0.2, 0) is 10.9 Å². The van der Waals surface area contributed by atoms with Crippen LogP contribution in [0.3, 0.4) is 0 Å². The second kappa shape index (κ2) is 5.80. The fourth-order valence-corrected chi connectivity index (χ4v) is 2.73. The zero-order valence-electron chi connectivity index (χ0n) is 12.2. The van der Waals surface area contributed by atoms with Crippen LogP contribution in [0.5, 0.6) is 0 Å². The predicted molar refractivity (Wildman–Crippen MR) is 74.8 cm³/mol. The molecule has 0 aliphatic carbocycles. The molecule has 0 bridgehead atoms. The van der Waals surface area contributed by atoms with E-state index in [0.29, 0.717) is 0 Å². The van der Waals surface area contributed by atoms with Crippen LogP contribution in [0.25, 0.3) is 10.9 Å². The third-order valence-corrected chi connectivity index (χ3v) is 3.83. The molecular weight excluding hydrogens is 338 g/mol. The van der Waals surface area contributed by atoms with Crippen molar-refractivity contribution in [2.24, 2.45) is 0 Å². The number of alkyl halides is 6. The minimum atomic E-state index is -4.59. The molecule has 9 heteroatoms. The number of halogens is 6. The first-order valence-corrected chi connectivity index (χ1v) is 7.06. The molecule has 0 N–H and O–H groups in total. The molecule has 2 aromatic rings. The van der Waals surface area contributed by atoms with Crippen molar-refractivity contribution < 1.29 is 31.1 Å². The zero-order valence-corrected chi connectivity index (χ0v) is 12.2. The molecule has 0 amide bonds. The number of ether oxygens (including phenoxy) is 1. The second-order valence-corrected chi connectivity index (χ2v) is 5.38. The van der Waals surface area contributed by atoms with E-state index in [1.807, 2.05) is 0 Å². The Bertz CT molecular complexity index is 743. The van der Waals surface area contributed by atoms with Gasteiger partial charge in [-0.15, -0.1) is 0 Å². The molecule has 0 radical (unpaired) electrons. The molecule has 2 heterocycles. The van der Waals surface area contributed by atoms with Crippen LogP contribution >= 0.6 is 0 Å². The zero-order chi connectivity index (χ0) is 17.5. The van der Waals surface area contributed by atoms with Crippen LogP contribution in [0.4, 0.5) is 32.0 Å². The lowest BCUT2D eigenvalue weighted by Gasteiger charge is -2.35. The Kier molecular flexibility index (Phi) is 4.06. The lowest BCUT2D eigenvalue weighted by atomic mass is 10.1. The number of fused-ring (bicyclic) bond motifs is 1. The van der Waals surface area contributed by atoms with Gasteiger partial charge in [0, 0.05) is 23.8 Å². The Balaban J connectivity index is 2.04. The van der Waals surface area contributed by atoms with E-state index in [0.717, 1.165) is 6.07 Å². The SMILES string of the molecule is FC(F)(F)c1cccc2c(N3CCO[C@@H](C(F)(F)F)C3)ccnc12. The molecule has 1 atom stereocenters. The summed E-state index contributed by atoms with van der Waals surface area (Å²) in [6.07, 6.45) is -9.92. The van der Waals surface area contributed by atoms with Crippen molar-refractivity contribution in [3.63, 3.8) is 0 Å². The minimum Gasteiger partial charge on any atom is -0.366 e. The van der Waals surface area contributed by atoms with Crippen molar-refractivity contribution >= 4 is 16.6 Å². The fraction of sp³-hybridized carbons (Fsp3) is 0.400. The largest absolute Gasteiger partial charge is 0.418 e. The molecular formula is C15H12F6N2O. The van der Waals surface area contributed by atoms with E-state index in [2.05, 4.69) is 4.98 Å². The molecule has 1 saturated heterocycles. The number of anilines is 1. The first-order chi connectivity index (χ1) is 11.2. The molecule has 3 nitrogen and oxygen atoms in total. The molecule has 130 valence electrons.